The molecule has 1 unspecified atom stereocenters. The van der Waals surface area contributed by atoms with Crippen LogP contribution in [0.4, 0.5) is 21.9 Å². The Morgan fingerprint density at radius 1 is 0.923 bits per heavy atom. The number of rotatable bonds is 8. The maximum Gasteiger partial charge on any atom is 0.321 e. The minimum atomic E-state index is -1.28. The Kier molecular flexibility index (Phi) is 7.77. The van der Waals surface area contributed by atoms with Gasteiger partial charge in [-0.05, 0) is 37.1 Å². The molecule has 1 aliphatic heterocycles. The van der Waals surface area contributed by atoms with Gasteiger partial charge in [0.15, 0.2) is 5.78 Å². The first-order valence-electron chi connectivity index (χ1n) is 13.0. The second-order valence-corrected chi connectivity index (χ2v) is 9.58. The molecular formula is C30H29N5O4. The summed E-state index contributed by atoms with van der Waals surface area (Å²) in [6.45, 7) is -0.0860. The van der Waals surface area contributed by atoms with E-state index in [9.17, 15) is 19.2 Å². The summed E-state index contributed by atoms with van der Waals surface area (Å²) < 4.78 is 0. The van der Waals surface area contributed by atoms with Crippen LogP contribution in [0.1, 0.15) is 36.8 Å². The van der Waals surface area contributed by atoms with Crippen molar-refractivity contribution in [2.75, 3.05) is 22.1 Å². The average molecular weight is 524 g/mol. The number of benzodiazepines with no additional fused rings is 1. The first kappa shape index (κ1) is 25.8. The van der Waals surface area contributed by atoms with Gasteiger partial charge in [-0.25, -0.2) is 9.79 Å². The van der Waals surface area contributed by atoms with Crippen molar-refractivity contribution >= 4 is 46.9 Å². The van der Waals surface area contributed by atoms with Gasteiger partial charge in [-0.15, -0.1) is 0 Å². The predicted octanol–water partition coefficient (Wildman–Crippen LogP) is 4.35. The molecule has 2 aliphatic rings. The third kappa shape index (κ3) is 5.87. The molecule has 0 aromatic heterocycles. The smallest absolute Gasteiger partial charge is 0.321 e. The highest BCUT2D eigenvalue weighted by atomic mass is 16.2. The normalized spacial score (nSPS) is 17.0. The molecule has 1 aliphatic carbocycles. The van der Waals surface area contributed by atoms with Crippen LogP contribution in [0.25, 0.3) is 0 Å². The number of urea groups is 1. The molecule has 3 aromatic rings. The number of para-hydroxylation sites is 1. The highest BCUT2D eigenvalue weighted by Gasteiger charge is 2.35. The second kappa shape index (κ2) is 11.7. The molecule has 3 N–H and O–H groups in total. The van der Waals surface area contributed by atoms with E-state index in [1.807, 2.05) is 54.6 Å². The summed E-state index contributed by atoms with van der Waals surface area (Å²) in [5, 5.41) is 7.91. The van der Waals surface area contributed by atoms with Crippen LogP contribution < -0.4 is 20.9 Å². The predicted molar refractivity (Wildman–Crippen MR) is 150 cm³/mol. The van der Waals surface area contributed by atoms with Gasteiger partial charge in [0.2, 0.25) is 12.6 Å². The molecule has 1 heterocycles. The molecule has 9 heteroatoms. The number of amides is 4. The fourth-order valence-electron chi connectivity index (χ4n) is 5.09. The number of aliphatic imine (C=N–C) groups is 1. The van der Waals surface area contributed by atoms with Crippen LogP contribution in [0.15, 0.2) is 83.9 Å². The SMILES string of the molecule is O=CNc1cccc(NC(=O)NC2N=C(c3ccccc3)c3ccccc3N(CC(=O)C3CCCC3)C2=O)c1. The molecular weight excluding hydrogens is 494 g/mol. The van der Waals surface area contributed by atoms with Crippen LogP contribution in [-0.2, 0) is 14.4 Å². The van der Waals surface area contributed by atoms with Crippen molar-refractivity contribution in [1.29, 1.82) is 0 Å². The zero-order valence-corrected chi connectivity index (χ0v) is 21.3. The molecule has 39 heavy (non-hydrogen) atoms. The number of benzene rings is 3. The third-order valence-corrected chi connectivity index (χ3v) is 6.99. The van der Waals surface area contributed by atoms with Crippen molar-refractivity contribution in [2.24, 2.45) is 10.9 Å². The minimum Gasteiger partial charge on any atom is -0.329 e. The molecule has 3 aromatic carbocycles. The topological polar surface area (TPSA) is 120 Å². The minimum absolute atomic E-state index is 0.0153. The van der Waals surface area contributed by atoms with Gasteiger partial charge in [0.1, 0.15) is 0 Å². The Morgan fingerprint density at radius 3 is 2.41 bits per heavy atom. The lowest BCUT2D eigenvalue weighted by Gasteiger charge is -2.26. The molecule has 198 valence electrons. The highest BCUT2D eigenvalue weighted by Crippen LogP contribution is 2.31. The molecule has 1 fully saturated rings. The summed E-state index contributed by atoms with van der Waals surface area (Å²) in [5.41, 5.74) is 3.52. The number of nitrogens with one attached hydrogen (secondary N) is 3. The molecule has 1 saturated carbocycles. The first-order valence-corrected chi connectivity index (χ1v) is 13.0. The van der Waals surface area contributed by atoms with E-state index < -0.39 is 18.1 Å². The standard InChI is InChI=1S/C30H29N5O4/c36-19-31-22-13-8-14-23(17-22)32-30(39)34-28-29(38)35(18-26(37)20-9-4-5-10-20)25-16-7-6-15-24(25)27(33-28)21-11-2-1-3-12-21/h1-3,6-8,11-17,19-20,28H,4-5,9-10,18H2,(H,31,36)(H2,32,34,39). The van der Waals surface area contributed by atoms with E-state index in [1.54, 1.807) is 24.3 Å². The second-order valence-electron chi connectivity index (χ2n) is 9.58. The number of hydrogen-bond donors (Lipinski definition) is 3. The fraction of sp³-hybridized carbons (Fsp3) is 0.233. The van der Waals surface area contributed by atoms with Crippen molar-refractivity contribution in [3.8, 4) is 0 Å². The Labute approximate surface area is 226 Å². The largest absolute Gasteiger partial charge is 0.329 e. The number of fused-ring (bicyclic) bond motifs is 1. The van der Waals surface area contributed by atoms with E-state index in [4.69, 9.17) is 4.99 Å². The van der Waals surface area contributed by atoms with Gasteiger partial charge in [0.25, 0.3) is 5.91 Å². The maximum atomic E-state index is 13.9. The molecule has 9 nitrogen and oxygen atoms in total. The third-order valence-electron chi connectivity index (χ3n) is 6.99. The monoisotopic (exact) mass is 523 g/mol. The Bertz CT molecular complexity index is 1420. The molecule has 0 spiro atoms. The highest BCUT2D eigenvalue weighted by molar-refractivity contribution is 6.21. The van der Waals surface area contributed by atoms with Crippen molar-refractivity contribution in [2.45, 2.75) is 31.8 Å². The Balaban J connectivity index is 1.48. The van der Waals surface area contributed by atoms with Crippen LogP contribution in [0, 0.1) is 5.92 Å². The summed E-state index contributed by atoms with van der Waals surface area (Å²) in [7, 11) is 0. The summed E-state index contributed by atoms with van der Waals surface area (Å²) in [6.07, 6.45) is 2.95. The zero-order valence-electron chi connectivity index (χ0n) is 21.3. The molecule has 1 atom stereocenters. The van der Waals surface area contributed by atoms with Crippen LogP contribution in [0.5, 0.6) is 0 Å². The number of anilines is 3. The van der Waals surface area contributed by atoms with E-state index in [-0.39, 0.29) is 18.2 Å². The molecule has 5 rings (SSSR count). The van der Waals surface area contributed by atoms with Gasteiger partial charge in [-0.1, -0.05) is 67.4 Å². The number of hydrogen-bond acceptors (Lipinski definition) is 5. The number of nitrogens with zero attached hydrogens (tertiary/aromatic N) is 2. The van der Waals surface area contributed by atoms with Crippen LogP contribution in [0.2, 0.25) is 0 Å². The van der Waals surface area contributed by atoms with Crippen molar-refractivity contribution < 1.29 is 19.2 Å². The molecule has 0 radical (unpaired) electrons. The lowest BCUT2D eigenvalue weighted by molar-refractivity contribution is -0.125. The van der Waals surface area contributed by atoms with Crippen molar-refractivity contribution in [1.82, 2.24) is 5.32 Å². The number of Topliss-reactive ketones (excluding diaryl/α,β-unsaturated/α-hetero) is 1. The average Bonchev–Trinajstić information content (AvgIpc) is 3.47. The number of carbonyl (C=O) groups excluding carboxylic acids is 4. The molecule has 4 amide bonds. The van der Waals surface area contributed by atoms with Crippen LogP contribution in [0.3, 0.4) is 0 Å². The zero-order chi connectivity index (χ0) is 27.2. The quantitative estimate of drug-likeness (QED) is 0.380. The van der Waals surface area contributed by atoms with Gasteiger partial charge in [0.05, 0.1) is 17.9 Å². The van der Waals surface area contributed by atoms with Gasteiger partial charge in [-0.2, -0.15) is 0 Å². The van der Waals surface area contributed by atoms with Crippen molar-refractivity contribution in [3.63, 3.8) is 0 Å². The summed E-state index contributed by atoms with van der Waals surface area (Å²) >= 11 is 0. The maximum absolute atomic E-state index is 13.9. The van der Waals surface area contributed by atoms with Gasteiger partial charge in [0, 0.05) is 28.4 Å². The van der Waals surface area contributed by atoms with E-state index >= 15 is 0 Å². The van der Waals surface area contributed by atoms with E-state index in [0.29, 0.717) is 34.7 Å². The molecule has 0 saturated heterocycles. The summed E-state index contributed by atoms with van der Waals surface area (Å²) in [6, 6.07) is 22.7. The Morgan fingerprint density at radius 2 is 1.64 bits per heavy atom. The van der Waals surface area contributed by atoms with Gasteiger partial charge >= 0.3 is 6.03 Å². The summed E-state index contributed by atoms with van der Waals surface area (Å²) in [5.74, 6) is -0.544. The van der Waals surface area contributed by atoms with Crippen molar-refractivity contribution in [3.05, 3.63) is 90.0 Å². The summed E-state index contributed by atoms with van der Waals surface area (Å²) in [4.78, 5) is 57.2. The first-order chi connectivity index (χ1) is 19.0. The number of carbonyl (C=O) groups is 4. The van der Waals surface area contributed by atoms with E-state index in [1.165, 1.54) is 4.90 Å². The lowest BCUT2D eigenvalue weighted by Crippen LogP contribution is -2.50. The fourth-order valence-corrected chi connectivity index (χ4v) is 5.09. The van der Waals surface area contributed by atoms with Crippen LogP contribution in [-0.4, -0.2) is 42.6 Å². The van der Waals surface area contributed by atoms with E-state index in [2.05, 4.69) is 16.0 Å². The molecule has 0 bridgehead atoms. The van der Waals surface area contributed by atoms with Gasteiger partial charge in [-0.3, -0.25) is 14.4 Å². The van der Waals surface area contributed by atoms with Gasteiger partial charge < -0.3 is 20.9 Å². The van der Waals surface area contributed by atoms with E-state index in [0.717, 1.165) is 31.2 Å². The van der Waals surface area contributed by atoms with Crippen LogP contribution >= 0.6 is 0 Å². The number of ketones is 1. The Hall–Kier alpha value is -4.79. The lowest BCUT2D eigenvalue weighted by atomic mass is 9.99.